The van der Waals surface area contributed by atoms with Gasteiger partial charge in [0.25, 0.3) is 0 Å². The number of terminal acetylenes is 1. The van der Waals surface area contributed by atoms with E-state index < -0.39 is 24.1 Å². The molecule has 2 N–H and O–H groups in total. The lowest BCUT2D eigenvalue weighted by molar-refractivity contribution is -0.148. The summed E-state index contributed by atoms with van der Waals surface area (Å²) in [6.45, 7) is 4.60. The Morgan fingerprint density at radius 2 is 2.11 bits per heavy atom. The van der Waals surface area contributed by atoms with Crippen molar-refractivity contribution >= 4 is 29.7 Å². The maximum atomic E-state index is 12.8. The number of β-lactam (4-membered cyclic amide) rings is 1. The second kappa shape index (κ2) is 7.53. The predicted octanol–water partition coefficient (Wildman–Crippen LogP) is 1.27. The third-order valence-corrected chi connectivity index (χ3v) is 5.91. The molecule has 0 aliphatic carbocycles. The second-order valence-corrected chi connectivity index (χ2v) is 8.81. The number of thioether (sulfide) groups is 1. The molecule has 3 amide bonds. The maximum absolute atomic E-state index is 12.8. The van der Waals surface area contributed by atoms with E-state index in [4.69, 9.17) is 11.2 Å². The molecule has 2 saturated heterocycles. The molecule has 27 heavy (non-hydrogen) atoms. The quantitative estimate of drug-likeness (QED) is 0.587. The summed E-state index contributed by atoms with van der Waals surface area (Å²) in [6.07, 6.45) is 4.28. The number of fused-ring (bicyclic) bond motifs is 1. The van der Waals surface area contributed by atoms with E-state index in [1.807, 2.05) is 0 Å². The van der Waals surface area contributed by atoms with Gasteiger partial charge >= 0.3 is 6.09 Å². The molecule has 2 aliphatic rings. The van der Waals surface area contributed by atoms with Crippen LogP contribution < -0.4 is 10.6 Å². The zero-order chi connectivity index (χ0) is 19.6. The third kappa shape index (κ3) is 4.03. The average molecular weight is 387 g/mol. The van der Waals surface area contributed by atoms with Gasteiger partial charge in [0.2, 0.25) is 11.8 Å². The summed E-state index contributed by atoms with van der Waals surface area (Å²) in [6, 6.07) is 7.17. The molecule has 1 aromatic rings. The van der Waals surface area contributed by atoms with Crippen molar-refractivity contribution < 1.29 is 19.1 Å². The van der Waals surface area contributed by atoms with E-state index >= 15 is 0 Å². The monoisotopic (exact) mass is 387 g/mol. The Bertz CT molecular complexity index is 790. The van der Waals surface area contributed by atoms with Crippen molar-refractivity contribution in [2.45, 2.75) is 36.1 Å². The van der Waals surface area contributed by atoms with Crippen molar-refractivity contribution in [3.63, 3.8) is 0 Å². The lowest BCUT2D eigenvalue weighted by Gasteiger charge is -2.42. The summed E-state index contributed by atoms with van der Waals surface area (Å²) in [4.78, 5) is 38.9. The van der Waals surface area contributed by atoms with Gasteiger partial charge < -0.3 is 20.3 Å². The standard InChI is InChI=1S/C19H21N3O4S/c1-4-10-26-18(25)21-13(12-8-6-5-7-9-12)15(23)20-14-16(24)22-11-19(2,3)27-17(14)22/h1,5-9,13-14,17H,10-11H2,2-3H3,(H,20,23)(H,21,25)/t13-,14-,17?/m1/s1. The second-order valence-electron chi connectivity index (χ2n) is 6.99. The van der Waals surface area contributed by atoms with E-state index in [2.05, 4.69) is 30.4 Å². The van der Waals surface area contributed by atoms with Crippen LogP contribution in [0.1, 0.15) is 25.5 Å². The van der Waals surface area contributed by atoms with Crippen LogP contribution in [0.5, 0.6) is 0 Å². The number of alkyl carbamates (subject to hydrolysis) is 1. The van der Waals surface area contributed by atoms with Crippen LogP contribution in [0.2, 0.25) is 0 Å². The van der Waals surface area contributed by atoms with E-state index in [0.29, 0.717) is 12.1 Å². The molecule has 2 heterocycles. The molecule has 0 saturated carbocycles. The summed E-state index contributed by atoms with van der Waals surface area (Å²) < 4.78 is 4.77. The Balaban J connectivity index is 1.71. The summed E-state index contributed by atoms with van der Waals surface area (Å²) in [5.41, 5.74) is 0.579. The first-order chi connectivity index (χ1) is 12.8. The lowest BCUT2D eigenvalue weighted by Crippen LogP contribution is -2.68. The first kappa shape index (κ1) is 19.1. The fraction of sp³-hybridized carbons (Fsp3) is 0.421. The van der Waals surface area contributed by atoms with Gasteiger partial charge in [-0.25, -0.2) is 4.79 Å². The fourth-order valence-corrected chi connectivity index (χ4v) is 4.67. The van der Waals surface area contributed by atoms with Crippen LogP contribution in [0.3, 0.4) is 0 Å². The molecule has 8 heteroatoms. The molecule has 0 aromatic heterocycles. The molecule has 1 unspecified atom stereocenters. The van der Waals surface area contributed by atoms with Gasteiger partial charge in [-0.15, -0.1) is 18.2 Å². The van der Waals surface area contributed by atoms with Crippen LogP contribution in [-0.4, -0.2) is 52.1 Å². The maximum Gasteiger partial charge on any atom is 0.409 e. The first-order valence-electron chi connectivity index (χ1n) is 8.53. The Hall–Kier alpha value is -2.66. The molecule has 2 aliphatic heterocycles. The van der Waals surface area contributed by atoms with Crippen LogP contribution in [-0.2, 0) is 14.3 Å². The minimum Gasteiger partial charge on any atom is -0.436 e. The molecule has 142 valence electrons. The van der Waals surface area contributed by atoms with Crippen molar-refractivity contribution in [1.29, 1.82) is 0 Å². The van der Waals surface area contributed by atoms with Crippen molar-refractivity contribution in [2.75, 3.05) is 13.2 Å². The van der Waals surface area contributed by atoms with Crippen LogP contribution in [0.25, 0.3) is 0 Å². The summed E-state index contributed by atoms with van der Waals surface area (Å²) in [7, 11) is 0. The number of amides is 3. The number of nitrogens with one attached hydrogen (secondary N) is 2. The Morgan fingerprint density at radius 1 is 1.41 bits per heavy atom. The average Bonchev–Trinajstić information content (AvgIpc) is 2.95. The lowest BCUT2D eigenvalue weighted by atomic mass is 10.0. The minimum absolute atomic E-state index is 0.0457. The van der Waals surface area contributed by atoms with Crippen molar-refractivity contribution in [1.82, 2.24) is 15.5 Å². The van der Waals surface area contributed by atoms with Crippen LogP contribution in [0, 0.1) is 12.3 Å². The normalized spacial score (nSPS) is 23.4. The smallest absolute Gasteiger partial charge is 0.409 e. The van der Waals surface area contributed by atoms with Crippen LogP contribution in [0.15, 0.2) is 30.3 Å². The van der Waals surface area contributed by atoms with E-state index in [-0.39, 0.29) is 22.6 Å². The van der Waals surface area contributed by atoms with Crippen molar-refractivity contribution in [2.24, 2.45) is 0 Å². The van der Waals surface area contributed by atoms with Gasteiger partial charge in [-0.3, -0.25) is 9.59 Å². The molecule has 7 nitrogen and oxygen atoms in total. The SMILES string of the molecule is C#CCOC(=O)N[C@@H](C(=O)N[C@@H]1C(=O)N2CC(C)(C)SC12)c1ccccc1. The number of nitrogens with zero attached hydrogens (tertiary/aromatic N) is 1. The largest absolute Gasteiger partial charge is 0.436 e. The highest BCUT2D eigenvalue weighted by Gasteiger charge is 2.56. The van der Waals surface area contributed by atoms with Gasteiger partial charge in [0.05, 0.1) is 0 Å². The molecule has 3 rings (SSSR count). The number of carbonyl (C=O) groups excluding carboxylic acids is 3. The van der Waals surface area contributed by atoms with Crippen LogP contribution in [0.4, 0.5) is 4.79 Å². The van der Waals surface area contributed by atoms with Gasteiger partial charge in [0.15, 0.2) is 6.61 Å². The molecule has 0 spiro atoms. The molecule has 0 bridgehead atoms. The van der Waals surface area contributed by atoms with Gasteiger partial charge in [-0.05, 0) is 19.4 Å². The number of benzene rings is 1. The molecular formula is C19H21N3O4S. The molecule has 3 atom stereocenters. The van der Waals surface area contributed by atoms with E-state index in [1.54, 1.807) is 47.0 Å². The topological polar surface area (TPSA) is 87.7 Å². The van der Waals surface area contributed by atoms with Crippen LogP contribution >= 0.6 is 11.8 Å². The summed E-state index contributed by atoms with van der Waals surface area (Å²) >= 11 is 1.66. The van der Waals surface area contributed by atoms with E-state index in [1.165, 1.54) is 0 Å². The first-order valence-corrected chi connectivity index (χ1v) is 9.41. The molecule has 1 aromatic carbocycles. The molecular weight excluding hydrogens is 366 g/mol. The number of ether oxygens (including phenoxy) is 1. The zero-order valence-electron chi connectivity index (χ0n) is 15.1. The highest BCUT2D eigenvalue weighted by Crippen LogP contribution is 2.46. The highest BCUT2D eigenvalue weighted by atomic mass is 32.2. The Labute approximate surface area is 162 Å². The highest BCUT2D eigenvalue weighted by molar-refractivity contribution is 8.01. The zero-order valence-corrected chi connectivity index (χ0v) is 15.9. The summed E-state index contributed by atoms with van der Waals surface area (Å²) in [5.74, 6) is 1.62. The number of rotatable bonds is 5. The van der Waals surface area contributed by atoms with Gasteiger partial charge in [-0.2, -0.15) is 0 Å². The van der Waals surface area contributed by atoms with Gasteiger partial charge in [-0.1, -0.05) is 36.3 Å². The summed E-state index contributed by atoms with van der Waals surface area (Å²) in [5, 5.41) is 5.20. The molecule has 2 fully saturated rings. The van der Waals surface area contributed by atoms with E-state index in [9.17, 15) is 14.4 Å². The van der Waals surface area contributed by atoms with Gasteiger partial charge in [0.1, 0.15) is 17.5 Å². The third-order valence-electron chi connectivity index (χ3n) is 4.37. The van der Waals surface area contributed by atoms with Gasteiger partial charge in [0, 0.05) is 11.3 Å². The van der Waals surface area contributed by atoms with Crippen molar-refractivity contribution in [3.8, 4) is 12.3 Å². The number of hydrogen-bond donors (Lipinski definition) is 2. The predicted molar refractivity (Wildman–Crippen MR) is 102 cm³/mol. The Kier molecular flexibility index (Phi) is 5.33. The molecule has 0 radical (unpaired) electrons. The fourth-order valence-electron chi connectivity index (χ4n) is 3.18. The van der Waals surface area contributed by atoms with E-state index in [0.717, 1.165) is 0 Å². The van der Waals surface area contributed by atoms with Crippen molar-refractivity contribution in [3.05, 3.63) is 35.9 Å². The Morgan fingerprint density at radius 3 is 2.78 bits per heavy atom. The number of hydrogen-bond acceptors (Lipinski definition) is 5. The number of carbonyl (C=O) groups is 3. The minimum atomic E-state index is -0.988.